The molecule has 1 saturated heterocycles. The summed E-state index contributed by atoms with van der Waals surface area (Å²) in [5.74, 6) is 0.462. The molecule has 0 bridgehead atoms. The monoisotopic (exact) mass is 418 g/mol. The average Bonchev–Trinajstić information content (AvgIpc) is 2.75. The molecule has 0 saturated carbocycles. The van der Waals surface area contributed by atoms with E-state index < -0.39 is 12.0 Å². The van der Waals surface area contributed by atoms with E-state index in [0.29, 0.717) is 13.0 Å². The molecule has 1 aromatic rings. The van der Waals surface area contributed by atoms with E-state index in [4.69, 9.17) is 4.74 Å². The molecule has 0 unspecified atom stereocenters. The molecule has 6 heteroatoms. The first-order chi connectivity index (χ1) is 14.6. The summed E-state index contributed by atoms with van der Waals surface area (Å²) in [5, 5.41) is 15.5. The fraction of sp³-hybridized carbons (Fsp3) is 0.667. The van der Waals surface area contributed by atoms with Gasteiger partial charge in [-0.2, -0.15) is 0 Å². The van der Waals surface area contributed by atoms with Gasteiger partial charge in [-0.3, -0.25) is 4.79 Å². The third kappa shape index (κ3) is 9.61. The Morgan fingerprint density at radius 1 is 1.13 bits per heavy atom. The minimum Gasteiger partial charge on any atom is -0.494 e. The standard InChI is InChI=1S/C24H38N2O4/c1-2-3-4-8-23(27)26-22(24(28)29)18-20-9-11-21(12-10-20)30-17-6-5-7-19-13-15-25-16-14-19/h9-12,19,22,25H,2-8,13-18H2,1H3,(H,26,27)(H,28,29)/t22-/m0/s1. The van der Waals surface area contributed by atoms with Gasteiger partial charge in [0.05, 0.1) is 6.61 Å². The van der Waals surface area contributed by atoms with E-state index in [2.05, 4.69) is 17.6 Å². The highest BCUT2D eigenvalue weighted by molar-refractivity contribution is 5.83. The van der Waals surface area contributed by atoms with Gasteiger partial charge in [0.15, 0.2) is 0 Å². The van der Waals surface area contributed by atoms with Crippen molar-refractivity contribution in [3.63, 3.8) is 0 Å². The highest BCUT2D eigenvalue weighted by Gasteiger charge is 2.20. The normalized spacial score (nSPS) is 15.5. The van der Waals surface area contributed by atoms with Crippen molar-refractivity contribution in [1.29, 1.82) is 0 Å². The van der Waals surface area contributed by atoms with E-state index >= 15 is 0 Å². The maximum absolute atomic E-state index is 12.0. The topological polar surface area (TPSA) is 87.7 Å². The largest absolute Gasteiger partial charge is 0.494 e. The smallest absolute Gasteiger partial charge is 0.326 e. The van der Waals surface area contributed by atoms with Crippen molar-refractivity contribution < 1.29 is 19.4 Å². The van der Waals surface area contributed by atoms with Crippen molar-refractivity contribution in [2.24, 2.45) is 5.92 Å². The summed E-state index contributed by atoms with van der Waals surface area (Å²) in [6.45, 7) is 5.08. The van der Waals surface area contributed by atoms with Crippen LogP contribution in [0.15, 0.2) is 24.3 Å². The maximum Gasteiger partial charge on any atom is 0.326 e. The molecular formula is C24H38N2O4. The Morgan fingerprint density at radius 2 is 1.87 bits per heavy atom. The Kier molecular flexibility index (Phi) is 11.3. The zero-order chi connectivity index (χ0) is 21.6. The quantitative estimate of drug-likeness (QED) is 0.399. The van der Waals surface area contributed by atoms with Crippen molar-refractivity contribution in [1.82, 2.24) is 10.6 Å². The van der Waals surface area contributed by atoms with Crippen LogP contribution >= 0.6 is 0 Å². The Bertz CT molecular complexity index is 627. The first kappa shape index (κ1) is 24.2. The number of ether oxygens (including phenoxy) is 1. The molecule has 1 fully saturated rings. The fourth-order valence-corrected chi connectivity index (χ4v) is 3.86. The minimum atomic E-state index is -1.01. The van der Waals surface area contributed by atoms with Gasteiger partial charge in [-0.25, -0.2) is 4.79 Å². The highest BCUT2D eigenvalue weighted by Crippen LogP contribution is 2.19. The molecule has 1 aliphatic heterocycles. The molecule has 0 aromatic heterocycles. The van der Waals surface area contributed by atoms with Gasteiger partial charge in [-0.05, 0) is 68.8 Å². The number of carbonyl (C=O) groups is 2. The number of hydrogen-bond donors (Lipinski definition) is 3. The second-order valence-electron chi connectivity index (χ2n) is 8.30. The number of amides is 1. The van der Waals surface area contributed by atoms with Crippen LogP contribution in [0.1, 0.15) is 70.3 Å². The van der Waals surface area contributed by atoms with Crippen molar-refractivity contribution >= 4 is 11.9 Å². The van der Waals surface area contributed by atoms with Crippen LogP contribution in [-0.2, 0) is 16.0 Å². The zero-order valence-electron chi connectivity index (χ0n) is 18.3. The fourth-order valence-electron chi connectivity index (χ4n) is 3.86. The molecule has 2 rings (SSSR count). The van der Waals surface area contributed by atoms with Gasteiger partial charge in [0, 0.05) is 12.8 Å². The summed E-state index contributed by atoms with van der Waals surface area (Å²) in [4.78, 5) is 23.5. The molecule has 168 valence electrons. The number of aliphatic carboxylic acids is 1. The Labute approximate surface area is 180 Å². The van der Waals surface area contributed by atoms with E-state index in [1.165, 1.54) is 25.7 Å². The first-order valence-electron chi connectivity index (χ1n) is 11.5. The van der Waals surface area contributed by atoms with Crippen LogP contribution in [-0.4, -0.2) is 42.7 Å². The number of benzene rings is 1. The van der Waals surface area contributed by atoms with Gasteiger partial charge in [0.25, 0.3) is 0 Å². The van der Waals surface area contributed by atoms with Crippen LogP contribution in [0, 0.1) is 5.92 Å². The van der Waals surface area contributed by atoms with Crippen LogP contribution in [0.3, 0.4) is 0 Å². The minimum absolute atomic E-state index is 0.194. The number of carbonyl (C=O) groups excluding carboxylic acids is 1. The summed E-state index contributed by atoms with van der Waals surface area (Å²) in [6, 6.07) is 6.61. The molecule has 0 spiro atoms. The lowest BCUT2D eigenvalue weighted by Gasteiger charge is -2.22. The van der Waals surface area contributed by atoms with Gasteiger partial charge in [0.2, 0.25) is 5.91 Å². The maximum atomic E-state index is 12.0. The summed E-state index contributed by atoms with van der Waals surface area (Å²) in [7, 11) is 0. The van der Waals surface area contributed by atoms with E-state index in [9.17, 15) is 14.7 Å². The molecular weight excluding hydrogens is 380 g/mol. The van der Waals surface area contributed by atoms with Gasteiger partial charge in [-0.1, -0.05) is 38.3 Å². The van der Waals surface area contributed by atoms with Gasteiger partial charge in [-0.15, -0.1) is 0 Å². The van der Waals surface area contributed by atoms with Crippen molar-refractivity contribution in [2.75, 3.05) is 19.7 Å². The molecule has 1 atom stereocenters. The van der Waals surface area contributed by atoms with Crippen LogP contribution in [0.4, 0.5) is 0 Å². The third-order valence-electron chi connectivity index (χ3n) is 5.74. The van der Waals surface area contributed by atoms with Crippen molar-refractivity contribution in [2.45, 2.75) is 77.2 Å². The summed E-state index contributed by atoms with van der Waals surface area (Å²) in [5.41, 5.74) is 0.870. The average molecular weight is 419 g/mol. The zero-order valence-corrected chi connectivity index (χ0v) is 18.3. The predicted octanol–water partition coefficient (Wildman–Crippen LogP) is 3.93. The number of rotatable bonds is 14. The summed E-state index contributed by atoms with van der Waals surface area (Å²) >= 11 is 0. The lowest BCUT2D eigenvalue weighted by molar-refractivity contribution is -0.141. The number of nitrogens with one attached hydrogen (secondary N) is 2. The van der Waals surface area contributed by atoms with Crippen LogP contribution in [0.25, 0.3) is 0 Å². The van der Waals surface area contributed by atoms with Crippen LogP contribution < -0.4 is 15.4 Å². The van der Waals surface area contributed by atoms with Gasteiger partial charge >= 0.3 is 5.97 Å². The molecule has 1 aromatic carbocycles. The van der Waals surface area contributed by atoms with Crippen molar-refractivity contribution in [3.05, 3.63) is 29.8 Å². The van der Waals surface area contributed by atoms with E-state index in [0.717, 1.165) is 56.0 Å². The predicted molar refractivity (Wildman–Crippen MR) is 119 cm³/mol. The first-order valence-corrected chi connectivity index (χ1v) is 11.5. The van der Waals surface area contributed by atoms with Gasteiger partial charge < -0.3 is 20.5 Å². The highest BCUT2D eigenvalue weighted by atomic mass is 16.5. The molecule has 0 aliphatic carbocycles. The Balaban J connectivity index is 1.68. The van der Waals surface area contributed by atoms with Crippen LogP contribution in [0.5, 0.6) is 5.75 Å². The second kappa shape index (κ2) is 14.0. The van der Waals surface area contributed by atoms with E-state index in [1.807, 2.05) is 24.3 Å². The Morgan fingerprint density at radius 3 is 2.53 bits per heavy atom. The van der Waals surface area contributed by atoms with Crippen LogP contribution in [0.2, 0.25) is 0 Å². The number of hydrogen-bond acceptors (Lipinski definition) is 4. The molecule has 0 radical (unpaired) electrons. The lowest BCUT2D eigenvalue weighted by Crippen LogP contribution is -2.42. The van der Waals surface area contributed by atoms with E-state index in [1.54, 1.807) is 0 Å². The molecule has 6 nitrogen and oxygen atoms in total. The molecule has 1 heterocycles. The number of carboxylic acids is 1. The second-order valence-corrected chi connectivity index (χ2v) is 8.30. The molecule has 1 amide bonds. The summed E-state index contributed by atoms with van der Waals surface area (Å²) < 4.78 is 5.82. The SMILES string of the molecule is CCCCCC(=O)N[C@@H](Cc1ccc(OCCCCC2CCNCC2)cc1)C(=O)O. The van der Waals surface area contributed by atoms with Crippen molar-refractivity contribution in [3.8, 4) is 5.75 Å². The summed E-state index contributed by atoms with van der Waals surface area (Å²) in [6.07, 6.45) is 9.55. The number of piperidine rings is 1. The molecule has 3 N–H and O–H groups in total. The third-order valence-corrected chi connectivity index (χ3v) is 5.74. The lowest BCUT2D eigenvalue weighted by atomic mass is 9.93. The van der Waals surface area contributed by atoms with Gasteiger partial charge in [0.1, 0.15) is 11.8 Å². The Hall–Kier alpha value is -2.08. The van der Waals surface area contributed by atoms with E-state index in [-0.39, 0.29) is 12.3 Å². The molecule has 1 aliphatic rings. The number of unbranched alkanes of at least 4 members (excludes halogenated alkanes) is 3. The number of carboxylic acid groups (broad SMARTS) is 1. The molecule has 30 heavy (non-hydrogen) atoms.